The van der Waals surface area contributed by atoms with Crippen LogP contribution in [0.1, 0.15) is 59.8 Å². The van der Waals surface area contributed by atoms with Gasteiger partial charge in [0.25, 0.3) is 0 Å². The minimum absolute atomic E-state index is 0.0256. The van der Waals surface area contributed by atoms with Crippen molar-refractivity contribution in [2.24, 2.45) is 0 Å². The number of carbonyl (C=O) groups is 2. The van der Waals surface area contributed by atoms with E-state index in [2.05, 4.69) is 10.2 Å². The van der Waals surface area contributed by atoms with Crippen LogP contribution in [-0.2, 0) is 22.4 Å². The van der Waals surface area contributed by atoms with Crippen LogP contribution in [0.25, 0.3) is 0 Å². The van der Waals surface area contributed by atoms with Gasteiger partial charge in [-0.1, -0.05) is 12.8 Å². The molecule has 1 aliphatic carbocycles. The molecule has 1 fully saturated rings. The highest BCUT2D eigenvalue weighted by molar-refractivity contribution is 7.17. The summed E-state index contributed by atoms with van der Waals surface area (Å²) in [6, 6.07) is 0. The Balaban J connectivity index is 1.70. The van der Waals surface area contributed by atoms with Crippen LogP contribution in [0.15, 0.2) is 0 Å². The van der Waals surface area contributed by atoms with Crippen molar-refractivity contribution in [1.82, 2.24) is 4.90 Å². The van der Waals surface area contributed by atoms with Crippen LogP contribution in [0.5, 0.6) is 0 Å². The lowest BCUT2D eigenvalue weighted by molar-refractivity contribution is -0.117. The zero-order valence-corrected chi connectivity index (χ0v) is 15.2. The van der Waals surface area contributed by atoms with E-state index in [1.165, 1.54) is 17.7 Å². The first-order chi connectivity index (χ1) is 11.7. The van der Waals surface area contributed by atoms with Crippen molar-refractivity contribution in [2.75, 3.05) is 31.6 Å². The second-order valence-electron chi connectivity index (χ2n) is 6.52. The summed E-state index contributed by atoms with van der Waals surface area (Å²) in [5.41, 5.74) is 1.68. The number of carbonyl (C=O) groups excluding carboxylic acids is 2. The Hall–Kier alpha value is -1.40. The van der Waals surface area contributed by atoms with E-state index >= 15 is 0 Å². The minimum Gasteiger partial charge on any atom is -0.462 e. The first-order valence-electron chi connectivity index (χ1n) is 9.03. The lowest BCUT2D eigenvalue weighted by atomic mass is 10.1. The third-order valence-corrected chi connectivity index (χ3v) is 5.93. The van der Waals surface area contributed by atoms with Gasteiger partial charge in [-0.2, -0.15) is 0 Å². The van der Waals surface area contributed by atoms with Crippen LogP contribution in [0.2, 0.25) is 0 Å². The first kappa shape index (κ1) is 17.4. The molecule has 0 spiro atoms. The molecular weight excluding hydrogens is 324 g/mol. The van der Waals surface area contributed by atoms with Crippen LogP contribution < -0.4 is 5.32 Å². The van der Waals surface area contributed by atoms with E-state index in [9.17, 15) is 9.59 Å². The number of amides is 1. The third-order valence-electron chi connectivity index (χ3n) is 4.72. The Morgan fingerprint density at radius 2 is 1.88 bits per heavy atom. The Bertz CT molecular complexity index is 604. The molecule has 0 saturated carbocycles. The molecule has 1 N–H and O–H groups in total. The van der Waals surface area contributed by atoms with E-state index in [1.807, 2.05) is 6.92 Å². The standard InChI is InChI=1S/C18H26N2O3S/c1-2-23-18(22)16-13-8-7-9-14(13)24-17(16)19-15(21)12-20-10-5-3-4-6-11-20/h2-12H2,1H3,(H,19,21). The number of aryl methyl sites for hydroxylation is 1. The number of rotatable bonds is 5. The minimum atomic E-state index is -0.304. The lowest BCUT2D eigenvalue weighted by Crippen LogP contribution is -2.34. The van der Waals surface area contributed by atoms with Crippen molar-refractivity contribution >= 4 is 28.2 Å². The summed E-state index contributed by atoms with van der Waals surface area (Å²) >= 11 is 1.55. The normalized spacial score (nSPS) is 18.0. The highest BCUT2D eigenvalue weighted by atomic mass is 32.1. The molecule has 0 bridgehead atoms. The average Bonchev–Trinajstić information content (AvgIpc) is 3.00. The van der Waals surface area contributed by atoms with Gasteiger partial charge in [-0.3, -0.25) is 9.69 Å². The zero-order valence-electron chi connectivity index (χ0n) is 14.4. The van der Waals surface area contributed by atoms with Gasteiger partial charge in [0.1, 0.15) is 5.00 Å². The van der Waals surface area contributed by atoms with Gasteiger partial charge in [0.2, 0.25) is 5.91 Å². The summed E-state index contributed by atoms with van der Waals surface area (Å²) in [6.45, 7) is 4.54. The van der Waals surface area contributed by atoms with E-state index in [4.69, 9.17) is 4.74 Å². The number of hydrogen-bond donors (Lipinski definition) is 1. The highest BCUT2D eigenvalue weighted by Gasteiger charge is 2.28. The fourth-order valence-electron chi connectivity index (χ4n) is 3.58. The number of nitrogens with zero attached hydrogens (tertiary/aromatic N) is 1. The topological polar surface area (TPSA) is 58.6 Å². The van der Waals surface area contributed by atoms with Crippen LogP contribution in [0, 0.1) is 0 Å². The highest BCUT2D eigenvalue weighted by Crippen LogP contribution is 2.39. The quantitative estimate of drug-likeness (QED) is 0.829. The molecule has 0 radical (unpaired) electrons. The van der Waals surface area contributed by atoms with Gasteiger partial charge in [-0.25, -0.2) is 4.79 Å². The van der Waals surface area contributed by atoms with Crippen molar-refractivity contribution in [1.29, 1.82) is 0 Å². The number of ether oxygens (including phenoxy) is 1. The van der Waals surface area contributed by atoms with Crippen molar-refractivity contribution < 1.29 is 14.3 Å². The molecule has 0 atom stereocenters. The van der Waals surface area contributed by atoms with Crippen LogP contribution in [0.3, 0.4) is 0 Å². The molecule has 1 aliphatic heterocycles. The molecule has 132 valence electrons. The number of esters is 1. The van der Waals surface area contributed by atoms with Crippen molar-refractivity contribution in [3.8, 4) is 0 Å². The fourth-order valence-corrected chi connectivity index (χ4v) is 4.87. The molecule has 2 heterocycles. The average molecular weight is 350 g/mol. The van der Waals surface area contributed by atoms with Crippen molar-refractivity contribution in [2.45, 2.75) is 51.9 Å². The van der Waals surface area contributed by atoms with Crippen LogP contribution >= 0.6 is 11.3 Å². The predicted octanol–water partition coefficient (Wildman–Crippen LogP) is 3.23. The van der Waals surface area contributed by atoms with Gasteiger partial charge in [-0.05, 0) is 57.7 Å². The number of nitrogens with one attached hydrogen (secondary N) is 1. The molecule has 3 rings (SSSR count). The third kappa shape index (κ3) is 3.98. The second-order valence-corrected chi connectivity index (χ2v) is 7.63. The van der Waals surface area contributed by atoms with Crippen molar-refractivity contribution in [3.05, 3.63) is 16.0 Å². The lowest BCUT2D eigenvalue weighted by Gasteiger charge is -2.19. The number of hydrogen-bond acceptors (Lipinski definition) is 5. The van der Waals surface area contributed by atoms with E-state index in [-0.39, 0.29) is 11.9 Å². The van der Waals surface area contributed by atoms with E-state index in [0.717, 1.165) is 50.8 Å². The van der Waals surface area contributed by atoms with Gasteiger partial charge in [0, 0.05) is 4.88 Å². The molecule has 5 nitrogen and oxygen atoms in total. The molecule has 1 saturated heterocycles. The molecule has 0 unspecified atom stereocenters. The van der Waals surface area contributed by atoms with Crippen LogP contribution in [-0.4, -0.2) is 43.0 Å². The first-order valence-corrected chi connectivity index (χ1v) is 9.84. The van der Waals surface area contributed by atoms with Gasteiger partial charge in [-0.15, -0.1) is 11.3 Å². The van der Waals surface area contributed by atoms with E-state index in [1.54, 1.807) is 11.3 Å². The van der Waals surface area contributed by atoms with Gasteiger partial charge in [0.15, 0.2) is 0 Å². The summed E-state index contributed by atoms with van der Waals surface area (Å²) in [5, 5.41) is 3.66. The van der Waals surface area contributed by atoms with Crippen molar-refractivity contribution in [3.63, 3.8) is 0 Å². The molecule has 6 heteroatoms. The maximum Gasteiger partial charge on any atom is 0.341 e. The van der Waals surface area contributed by atoms with Gasteiger partial charge in [0.05, 0.1) is 18.7 Å². The second kappa shape index (κ2) is 8.12. The molecule has 1 aromatic heterocycles. The Labute approximate surface area is 147 Å². The predicted molar refractivity (Wildman–Crippen MR) is 95.8 cm³/mol. The molecule has 1 aromatic rings. The Morgan fingerprint density at radius 3 is 2.58 bits per heavy atom. The maximum atomic E-state index is 12.5. The van der Waals surface area contributed by atoms with E-state index < -0.39 is 0 Å². The zero-order chi connectivity index (χ0) is 16.9. The SMILES string of the molecule is CCOC(=O)c1c(NC(=O)CN2CCCCCC2)sc2c1CCC2. The van der Waals surface area contributed by atoms with Crippen LogP contribution in [0.4, 0.5) is 5.00 Å². The number of thiophene rings is 1. The monoisotopic (exact) mass is 350 g/mol. The molecule has 24 heavy (non-hydrogen) atoms. The number of fused-ring (bicyclic) bond motifs is 1. The summed E-state index contributed by atoms with van der Waals surface area (Å²) < 4.78 is 5.21. The molecule has 0 aromatic carbocycles. The maximum absolute atomic E-state index is 12.5. The number of likely N-dealkylation sites (tertiary alicyclic amines) is 1. The van der Waals surface area contributed by atoms with E-state index in [0.29, 0.717) is 23.7 Å². The number of anilines is 1. The summed E-state index contributed by atoms with van der Waals surface area (Å²) in [5.74, 6) is -0.329. The Kier molecular flexibility index (Phi) is 5.89. The smallest absolute Gasteiger partial charge is 0.341 e. The Morgan fingerprint density at radius 1 is 1.12 bits per heavy atom. The molecule has 1 amide bonds. The largest absolute Gasteiger partial charge is 0.462 e. The summed E-state index contributed by atoms with van der Waals surface area (Å²) in [4.78, 5) is 28.2. The summed E-state index contributed by atoms with van der Waals surface area (Å²) in [7, 11) is 0. The van der Waals surface area contributed by atoms with Gasteiger partial charge < -0.3 is 10.1 Å². The van der Waals surface area contributed by atoms with Gasteiger partial charge >= 0.3 is 5.97 Å². The summed E-state index contributed by atoms with van der Waals surface area (Å²) in [6.07, 6.45) is 7.81. The molecule has 2 aliphatic rings. The fraction of sp³-hybridized carbons (Fsp3) is 0.667. The molecular formula is C18H26N2O3S.